The van der Waals surface area contributed by atoms with E-state index in [9.17, 15) is 5.11 Å². The van der Waals surface area contributed by atoms with Crippen LogP contribution in [0.5, 0.6) is 0 Å². The van der Waals surface area contributed by atoms with Crippen molar-refractivity contribution in [1.82, 2.24) is 5.32 Å². The maximum atomic E-state index is 10.2. The van der Waals surface area contributed by atoms with Gasteiger partial charge >= 0.3 is 0 Å². The maximum absolute atomic E-state index is 10.2. The van der Waals surface area contributed by atoms with Crippen molar-refractivity contribution >= 4 is 0 Å². The zero-order chi connectivity index (χ0) is 14.3. The van der Waals surface area contributed by atoms with Gasteiger partial charge in [0, 0.05) is 12.6 Å². The molecule has 0 saturated carbocycles. The first-order valence-corrected chi connectivity index (χ1v) is 7.15. The number of aliphatic hydroxyl groups is 2. The van der Waals surface area contributed by atoms with Gasteiger partial charge in [0.15, 0.2) is 0 Å². The average molecular weight is 265 g/mol. The minimum atomic E-state index is -0.508. The molecule has 108 valence electrons. The quantitative estimate of drug-likeness (QED) is 0.632. The Bertz CT molecular complexity index is 348. The Hall–Kier alpha value is -0.900. The molecule has 3 N–H and O–H groups in total. The van der Waals surface area contributed by atoms with Gasteiger partial charge in [-0.1, -0.05) is 38.1 Å². The van der Waals surface area contributed by atoms with E-state index in [1.54, 1.807) is 0 Å². The summed E-state index contributed by atoms with van der Waals surface area (Å²) in [5.41, 5.74) is 2.25. The highest BCUT2D eigenvalue weighted by molar-refractivity contribution is 5.25. The molecule has 19 heavy (non-hydrogen) atoms. The zero-order valence-electron chi connectivity index (χ0n) is 12.3. The molecule has 0 aliphatic heterocycles. The molecule has 3 heteroatoms. The van der Waals surface area contributed by atoms with Gasteiger partial charge in [-0.3, -0.25) is 0 Å². The number of aliphatic hydroxyl groups excluding tert-OH is 2. The Morgan fingerprint density at radius 2 is 1.74 bits per heavy atom. The third-order valence-electron chi connectivity index (χ3n) is 3.24. The second-order valence-corrected chi connectivity index (χ2v) is 5.60. The monoisotopic (exact) mass is 265 g/mol. The maximum Gasteiger partial charge on any atom is 0.0940 e. The molecule has 0 aromatic heterocycles. The lowest BCUT2D eigenvalue weighted by atomic mass is 9.98. The fourth-order valence-corrected chi connectivity index (χ4v) is 2.13. The predicted molar refractivity (Wildman–Crippen MR) is 79.1 cm³/mol. The Morgan fingerprint density at radius 3 is 2.26 bits per heavy atom. The van der Waals surface area contributed by atoms with E-state index in [1.807, 2.05) is 19.1 Å². The molecule has 2 atom stereocenters. The molecule has 1 rings (SSSR count). The summed E-state index contributed by atoms with van der Waals surface area (Å²) in [6.07, 6.45) is 1.28. The summed E-state index contributed by atoms with van der Waals surface area (Å²) in [6.45, 7) is 7.27. The number of rotatable bonds is 8. The average Bonchev–Trinajstić information content (AvgIpc) is 2.38. The van der Waals surface area contributed by atoms with Gasteiger partial charge in [0.05, 0.1) is 6.10 Å². The van der Waals surface area contributed by atoms with E-state index < -0.39 is 6.10 Å². The van der Waals surface area contributed by atoms with Crippen LogP contribution in [0.1, 0.15) is 44.4 Å². The van der Waals surface area contributed by atoms with Crippen molar-refractivity contribution in [3.05, 3.63) is 35.4 Å². The van der Waals surface area contributed by atoms with Crippen molar-refractivity contribution < 1.29 is 10.2 Å². The lowest BCUT2D eigenvalue weighted by molar-refractivity contribution is 0.134. The molecule has 3 nitrogen and oxygen atoms in total. The molecule has 0 aliphatic carbocycles. The number of hydrogen-bond donors (Lipinski definition) is 3. The largest absolute Gasteiger partial charge is 0.396 e. The summed E-state index contributed by atoms with van der Waals surface area (Å²) < 4.78 is 0. The summed E-state index contributed by atoms with van der Waals surface area (Å²) in [7, 11) is 0. The molecule has 0 heterocycles. The molecule has 1 aromatic rings. The molecular weight excluding hydrogens is 238 g/mol. The highest BCUT2D eigenvalue weighted by Crippen LogP contribution is 2.18. The van der Waals surface area contributed by atoms with Gasteiger partial charge in [0.1, 0.15) is 0 Å². The van der Waals surface area contributed by atoms with Gasteiger partial charge < -0.3 is 15.5 Å². The highest BCUT2D eigenvalue weighted by atomic mass is 16.3. The predicted octanol–water partition coefficient (Wildman–Crippen LogP) is 2.28. The van der Waals surface area contributed by atoms with E-state index >= 15 is 0 Å². The molecule has 0 aliphatic rings. The normalized spacial score (nSPS) is 14.6. The third-order valence-corrected chi connectivity index (χ3v) is 3.24. The topological polar surface area (TPSA) is 52.5 Å². The fraction of sp³-hybridized carbons (Fsp3) is 0.625. The first kappa shape index (κ1) is 16.2. The zero-order valence-corrected chi connectivity index (χ0v) is 12.3. The highest BCUT2D eigenvalue weighted by Gasteiger charge is 2.15. The van der Waals surface area contributed by atoms with Crippen LogP contribution >= 0.6 is 0 Å². The van der Waals surface area contributed by atoms with Gasteiger partial charge in [0.2, 0.25) is 0 Å². The van der Waals surface area contributed by atoms with Crippen LogP contribution in [0.15, 0.2) is 24.3 Å². The second-order valence-electron chi connectivity index (χ2n) is 5.60. The molecule has 0 radical (unpaired) electrons. The first-order valence-electron chi connectivity index (χ1n) is 7.15. The van der Waals surface area contributed by atoms with Crippen LogP contribution in [0.2, 0.25) is 0 Å². The Kier molecular flexibility index (Phi) is 7.06. The van der Waals surface area contributed by atoms with Gasteiger partial charge in [-0.2, -0.15) is 0 Å². The SMILES string of the molecule is CC(C)Cc1ccc(C(O)C(C)NCCCO)cc1. The molecule has 0 spiro atoms. The molecule has 1 aromatic carbocycles. The summed E-state index contributed by atoms with van der Waals surface area (Å²) >= 11 is 0. The Morgan fingerprint density at radius 1 is 1.11 bits per heavy atom. The molecule has 0 fully saturated rings. The molecule has 2 unspecified atom stereocenters. The number of benzene rings is 1. The molecule has 0 saturated heterocycles. The van der Waals surface area contributed by atoms with Gasteiger partial charge in [-0.15, -0.1) is 0 Å². The smallest absolute Gasteiger partial charge is 0.0940 e. The van der Waals surface area contributed by atoms with Crippen molar-refractivity contribution in [2.45, 2.75) is 45.8 Å². The van der Waals surface area contributed by atoms with E-state index in [1.165, 1.54) is 5.56 Å². The first-order chi connectivity index (χ1) is 9.04. The molecule has 0 bridgehead atoms. The van der Waals surface area contributed by atoms with Crippen molar-refractivity contribution in [3.8, 4) is 0 Å². The molecule has 0 amide bonds. The van der Waals surface area contributed by atoms with Crippen LogP contribution in [0.4, 0.5) is 0 Å². The van der Waals surface area contributed by atoms with Crippen LogP contribution in [0, 0.1) is 5.92 Å². The van der Waals surface area contributed by atoms with E-state index in [2.05, 4.69) is 31.3 Å². The van der Waals surface area contributed by atoms with Crippen molar-refractivity contribution in [1.29, 1.82) is 0 Å². The van der Waals surface area contributed by atoms with Crippen molar-refractivity contribution in [3.63, 3.8) is 0 Å². The Balaban J connectivity index is 2.54. The number of nitrogens with one attached hydrogen (secondary N) is 1. The van der Waals surface area contributed by atoms with Crippen LogP contribution in [0.3, 0.4) is 0 Å². The third kappa shape index (κ3) is 5.72. The summed E-state index contributed by atoms with van der Waals surface area (Å²) in [5, 5.41) is 22.2. The molecular formula is C16H27NO2. The van der Waals surface area contributed by atoms with Crippen LogP contribution in [0.25, 0.3) is 0 Å². The summed E-state index contributed by atoms with van der Waals surface area (Å²) in [6, 6.07) is 8.19. The van der Waals surface area contributed by atoms with E-state index in [-0.39, 0.29) is 12.6 Å². The minimum Gasteiger partial charge on any atom is -0.396 e. The standard InChI is InChI=1S/C16H27NO2/c1-12(2)11-14-5-7-15(8-6-14)16(19)13(3)17-9-4-10-18/h5-8,12-13,16-19H,4,9-11H2,1-3H3. The lowest BCUT2D eigenvalue weighted by Gasteiger charge is -2.21. The van der Waals surface area contributed by atoms with Crippen LogP contribution in [-0.4, -0.2) is 29.4 Å². The van der Waals surface area contributed by atoms with Gasteiger partial charge in [-0.05, 0) is 43.4 Å². The van der Waals surface area contributed by atoms with E-state index in [0.717, 1.165) is 18.5 Å². The van der Waals surface area contributed by atoms with Gasteiger partial charge in [-0.25, -0.2) is 0 Å². The van der Waals surface area contributed by atoms with Crippen LogP contribution < -0.4 is 5.32 Å². The van der Waals surface area contributed by atoms with Crippen molar-refractivity contribution in [2.75, 3.05) is 13.2 Å². The summed E-state index contributed by atoms with van der Waals surface area (Å²) in [5.74, 6) is 0.648. The minimum absolute atomic E-state index is 0.0116. The van der Waals surface area contributed by atoms with Crippen molar-refractivity contribution in [2.24, 2.45) is 5.92 Å². The van der Waals surface area contributed by atoms with Crippen LogP contribution in [-0.2, 0) is 6.42 Å². The summed E-state index contributed by atoms with van der Waals surface area (Å²) in [4.78, 5) is 0. The van der Waals surface area contributed by atoms with Gasteiger partial charge in [0.25, 0.3) is 0 Å². The lowest BCUT2D eigenvalue weighted by Crippen LogP contribution is -2.33. The van der Waals surface area contributed by atoms with E-state index in [4.69, 9.17) is 5.11 Å². The fourth-order valence-electron chi connectivity index (χ4n) is 2.13. The Labute approximate surface area is 116 Å². The number of hydrogen-bond acceptors (Lipinski definition) is 3. The van der Waals surface area contributed by atoms with E-state index in [0.29, 0.717) is 12.3 Å². The second kappa shape index (κ2) is 8.31.